The van der Waals surface area contributed by atoms with Gasteiger partial charge in [-0.15, -0.1) is 0 Å². The first-order chi connectivity index (χ1) is 13.5. The van der Waals surface area contributed by atoms with Crippen molar-refractivity contribution in [2.75, 3.05) is 45.9 Å². The number of β-amino-alcohol motifs (C(OH)–C–C–N with tert-alkyl or cyclic N) is 1. The van der Waals surface area contributed by atoms with Gasteiger partial charge in [0.15, 0.2) is 0 Å². The Morgan fingerprint density at radius 2 is 1.71 bits per heavy atom. The number of hydrogen-bond acceptors (Lipinski definition) is 6. The van der Waals surface area contributed by atoms with Crippen LogP contribution in [-0.2, 0) is 9.53 Å². The lowest BCUT2D eigenvalue weighted by Crippen LogP contribution is -2.53. The Morgan fingerprint density at radius 1 is 1.07 bits per heavy atom. The number of nitrogens with zero attached hydrogens (tertiary/aromatic N) is 3. The zero-order chi connectivity index (χ0) is 19.7. The number of piperazine rings is 1. The van der Waals surface area contributed by atoms with Gasteiger partial charge < -0.3 is 14.7 Å². The minimum absolute atomic E-state index is 0.0264. The Labute approximate surface area is 163 Å². The summed E-state index contributed by atoms with van der Waals surface area (Å²) in [4.78, 5) is 42.2. The van der Waals surface area contributed by atoms with Gasteiger partial charge in [0.1, 0.15) is 6.10 Å². The number of aliphatic hydroxyl groups is 1. The lowest BCUT2D eigenvalue weighted by molar-refractivity contribution is -0.142. The number of hydrogen-bond donors (Lipinski definition) is 1. The van der Waals surface area contributed by atoms with Crippen LogP contribution < -0.4 is 0 Å². The van der Waals surface area contributed by atoms with Gasteiger partial charge in [0.25, 0.3) is 17.7 Å². The molecule has 1 aromatic rings. The normalized spacial score (nSPS) is 24.0. The molecule has 2 unspecified atom stereocenters. The maximum Gasteiger partial charge on any atom is 0.261 e. The molecule has 2 fully saturated rings. The molecule has 0 saturated carbocycles. The average molecular weight is 387 g/mol. The summed E-state index contributed by atoms with van der Waals surface area (Å²) in [6.45, 7) is 3.48. The molecule has 8 nitrogen and oxygen atoms in total. The highest BCUT2D eigenvalue weighted by Gasteiger charge is 2.36. The third kappa shape index (κ3) is 3.67. The minimum atomic E-state index is -0.831. The topological polar surface area (TPSA) is 90.4 Å². The van der Waals surface area contributed by atoms with Crippen LogP contribution in [0.2, 0.25) is 0 Å². The number of ether oxygens (including phenoxy) is 1. The summed E-state index contributed by atoms with van der Waals surface area (Å²) in [5, 5.41) is 10.4. The van der Waals surface area contributed by atoms with E-state index in [1.54, 1.807) is 24.3 Å². The molecule has 28 heavy (non-hydrogen) atoms. The third-order valence-electron chi connectivity index (χ3n) is 5.63. The van der Waals surface area contributed by atoms with Gasteiger partial charge in [-0.3, -0.25) is 24.2 Å². The molecule has 0 aliphatic carbocycles. The van der Waals surface area contributed by atoms with E-state index in [1.807, 2.05) is 4.90 Å². The van der Waals surface area contributed by atoms with Crippen molar-refractivity contribution in [1.29, 1.82) is 0 Å². The van der Waals surface area contributed by atoms with Crippen LogP contribution in [0.5, 0.6) is 0 Å². The van der Waals surface area contributed by atoms with Crippen molar-refractivity contribution in [3.05, 3.63) is 35.4 Å². The first-order valence-electron chi connectivity index (χ1n) is 9.80. The van der Waals surface area contributed by atoms with Crippen molar-refractivity contribution in [3.8, 4) is 0 Å². The molecule has 0 bridgehead atoms. The van der Waals surface area contributed by atoms with E-state index < -0.39 is 6.10 Å². The highest BCUT2D eigenvalue weighted by atomic mass is 16.5. The maximum absolute atomic E-state index is 12.4. The minimum Gasteiger partial charge on any atom is -0.390 e. The number of imide groups is 1. The molecule has 3 aliphatic heterocycles. The molecule has 1 aromatic carbocycles. The summed E-state index contributed by atoms with van der Waals surface area (Å²) in [5.74, 6) is -0.651. The second-order valence-electron chi connectivity index (χ2n) is 7.55. The van der Waals surface area contributed by atoms with Crippen molar-refractivity contribution >= 4 is 17.7 Å². The Bertz CT molecular complexity index is 734. The molecule has 4 rings (SSSR count). The Morgan fingerprint density at radius 3 is 2.29 bits per heavy atom. The van der Waals surface area contributed by atoms with E-state index in [0.717, 1.165) is 17.7 Å². The van der Waals surface area contributed by atoms with E-state index in [9.17, 15) is 19.5 Å². The van der Waals surface area contributed by atoms with E-state index in [-0.39, 0.29) is 30.4 Å². The first kappa shape index (κ1) is 19.0. The Kier molecular flexibility index (Phi) is 5.43. The fraction of sp³-hybridized carbons (Fsp3) is 0.550. The molecule has 3 aliphatic rings. The molecular formula is C20H25N3O5. The number of carbonyl (C=O) groups excluding carboxylic acids is 3. The fourth-order valence-electron chi connectivity index (χ4n) is 4.10. The van der Waals surface area contributed by atoms with Gasteiger partial charge in [0, 0.05) is 39.3 Å². The number of aliphatic hydroxyl groups excluding tert-OH is 1. The van der Waals surface area contributed by atoms with Crippen LogP contribution in [-0.4, -0.2) is 95.6 Å². The van der Waals surface area contributed by atoms with Crippen LogP contribution >= 0.6 is 0 Å². The van der Waals surface area contributed by atoms with E-state index in [2.05, 4.69) is 4.90 Å². The average Bonchev–Trinajstić information content (AvgIpc) is 3.32. The Balaban J connectivity index is 1.26. The quantitative estimate of drug-likeness (QED) is 0.714. The molecule has 8 heteroatoms. The summed E-state index contributed by atoms with van der Waals surface area (Å²) in [6.07, 6.45) is 0.590. The van der Waals surface area contributed by atoms with Gasteiger partial charge in [0.2, 0.25) is 0 Å². The number of amides is 3. The lowest BCUT2D eigenvalue weighted by Gasteiger charge is -2.36. The van der Waals surface area contributed by atoms with Gasteiger partial charge in [-0.1, -0.05) is 12.1 Å². The van der Waals surface area contributed by atoms with Crippen LogP contribution in [0, 0.1) is 0 Å². The van der Waals surface area contributed by atoms with Gasteiger partial charge in [-0.25, -0.2) is 0 Å². The van der Waals surface area contributed by atoms with E-state index in [1.165, 1.54) is 0 Å². The molecule has 0 spiro atoms. The summed E-state index contributed by atoms with van der Waals surface area (Å²) in [6, 6.07) is 6.71. The second-order valence-corrected chi connectivity index (χ2v) is 7.55. The monoisotopic (exact) mass is 387 g/mol. The highest BCUT2D eigenvalue weighted by Crippen LogP contribution is 2.22. The standard InChI is InChI=1S/C20H25N3O5/c24-14(13-23-18(25)15-4-1-2-5-16(15)19(23)26)12-21-7-9-22(10-8-21)20(27)17-6-3-11-28-17/h1-2,4-5,14,17,24H,3,6-13H2. The first-order valence-corrected chi connectivity index (χ1v) is 9.80. The van der Waals surface area contributed by atoms with E-state index >= 15 is 0 Å². The van der Waals surface area contributed by atoms with Crippen molar-refractivity contribution < 1.29 is 24.2 Å². The molecule has 0 radical (unpaired) electrons. The lowest BCUT2D eigenvalue weighted by atomic mass is 10.1. The van der Waals surface area contributed by atoms with Crippen LogP contribution in [0.3, 0.4) is 0 Å². The maximum atomic E-state index is 12.4. The number of fused-ring (bicyclic) bond motifs is 1. The van der Waals surface area contributed by atoms with Crippen LogP contribution in [0.15, 0.2) is 24.3 Å². The summed E-state index contributed by atoms with van der Waals surface area (Å²) in [7, 11) is 0. The van der Waals surface area contributed by atoms with Gasteiger partial charge in [0.05, 0.1) is 23.8 Å². The van der Waals surface area contributed by atoms with Crippen molar-refractivity contribution in [2.45, 2.75) is 25.0 Å². The largest absolute Gasteiger partial charge is 0.390 e. The summed E-state index contributed by atoms with van der Waals surface area (Å²) >= 11 is 0. The SMILES string of the molecule is O=C(C1CCCO1)N1CCN(CC(O)CN2C(=O)c3ccccc3C2=O)CC1. The van der Waals surface area contributed by atoms with Gasteiger partial charge in [-0.05, 0) is 25.0 Å². The van der Waals surface area contributed by atoms with Crippen molar-refractivity contribution in [3.63, 3.8) is 0 Å². The molecule has 2 atom stereocenters. The second kappa shape index (κ2) is 7.98. The molecular weight excluding hydrogens is 362 g/mol. The molecule has 1 N–H and O–H groups in total. The zero-order valence-corrected chi connectivity index (χ0v) is 15.7. The van der Waals surface area contributed by atoms with Crippen molar-refractivity contribution in [1.82, 2.24) is 14.7 Å². The summed E-state index contributed by atoms with van der Waals surface area (Å²) < 4.78 is 5.47. The molecule has 3 heterocycles. The number of benzene rings is 1. The van der Waals surface area contributed by atoms with Crippen molar-refractivity contribution in [2.24, 2.45) is 0 Å². The number of rotatable bonds is 5. The van der Waals surface area contributed by atoms with Crippen LogP contribution in [0.1, 0.15) is 33.6 Å². The van der Waals surface area contributed by atoms with Crippen LogP contribution in [0.25, 0.3) is 0 Å². The summed E-state index contributed by atoms with van der Waals surface area (Å²) in [5.41, 5.74) is 0.780. The highest BCUT2D eigenvalue weighted by molar-refractivity contribution is 6.21. The molecule has 2 saturated heterocycles. The van der Waals surface area contributed by atoms with E-state index in [0.29, 0.717) is 50.5 Å². The fourth-order valence-corrected chi connectivity index (χ4v) is 4.10. The van der Waals surface area contributed by atoms with Crippen LogP contribution in [0.4, 0.5) is 0 Å². The predicted molar refractivity (Wildman–Crippen MR) is 99.8 cm³/mol. The van der Waals surface area contributed by atoms with Gasteiger partial charge in [-0.2, -0.15) is 0 Å². The Hall–Kier alpha value is -2.29. The molecule has 3 amide bonds. The van der Waals surface area contributed by atoms with Gasteiger partial charge >= 0.3 is 0 Å². The molecule has 150 valence electrons. The van der Waals surface area contributed by atoms with E-state index in [4.69, 9.17) is 4.74 Å². The number of carbonyl (C=O) groups is 3. The zero-order valence-electron chi connectivity index (χ0n) is 15.7. The third-order valence-corrected chi connectivity index (χ3v) is 5.63. The smallest absolute Gasteiger partial charge is 0.261 e. The molecule has 0 aromatic heterocycles. The predicted octanol–water partition coefficient (Wildman–Crippen LogP) is -0.0333.